The van der Waals surface area contributed by atoms with Crippen molar-refractivity contribution in [1.29, 1.82) is 0 Å². The van der Waals surface area contributed by atoms with Gasteiger partial charge in [-0.3, -0.25) is 4.79 Å². The van der Waals surface area contributed by atoms with Crippen LogP contribution in [0.1, 0.15) is 43.2 Å². The minimum Gasteiger partial charge on any atom is -0.501 e. The lowest BCUT2D eigenvalue weighted by Gasteiger charge is -2.34. The zero-order chi connectivity index (χ0) is 22.9. The zero-order valence-electron chi connectivity index (χ0n) is 18.9. The smallest absolute Gasteiger partial charge is 0.192 e. The van der Waals surface area contributed by atoms with E-state index < -0.39 is 0 Å². The van der Waals surface area contributed by atoms with Crippen molar-refractivity contribution in [3.05, 3.63) is 88.0 Å². The van der Waals surface area contributed by atoms with Crippen LogP contribution in [0.4, 0.5) is 0 Å². The maximum absolute atomic E-state index is 13.7. The fourth-order valence-corrected chi connectivity index (χ4v) is 5.56. The van der Waals surface area contributed by atoms with Crippen LogP contribution in [0.25, 0.3) is 15.8 Å². The Bertz CT molecular complexity index is 1280. The number of methoxy groups -OCH3 is 1. The third kappa shape index (κ3) is 3.85. The Hall–Kier alpha value is -3.38. The number of para-hydroxylation sites is 1. The lowest BCUT2D eigenvalue weighted by molar-refractivity contribution is -0.113. The molecule has 0 bridgehead atoms. The number of benzene rings is 2. The van der Waals surface area contributed by atoms with Gasteiger partial charge in [-0.25, -0.2) is 4.98 Å². The summed E-state index contributed by atoms with van der Waals surface area (Å²) in [5.74, 6) is 2.01. The van der Waals surface area contributed by atoms with Gasteiger partial charge in [0.1, 0.15) is 22.3 Å². The minimum absolute atomic E-state index is 0.0170. The molecule has 0 saturated heterocycles. The van der Waals surface area contributed by atoms with Crippen LogP contribution in [-0.2, 0) is 14.3 Å². The van der Waals surface area contributed by atoms with Crippen LogP contribution in [0.3, 0.4) is 0 Å². The number of thiazole rings is 1. The minimum atomic E-state index is -0.280. The van der Waals surface area contributed by atoms with Crippen LogP contribution >= 0.6 is 11.3 Å². The number of carbonyl (C=O) groups excluding carboxylic acids is 1. The fraction of sp³-hybridized carbons (Fsp3) is 0.259. The van der Waals surface area contributed by atoms with Crippen molar-refractivity contribution in [2.45, 2.75) is 32.6 Å². The van der Waals surface area contributed by atoms with Gasteiger partial charge in [-0.2, -0.15) is 0 Å². The molecule has 33 heavy (non-hydrogen) atoms. The van der Waals surface area contributed by atoms with Gasteiger partial charge in [-0.05, 0) is 50.1 Å². The van der Waals surface area contributed by atoms with Gasteiger partial charge >= 0.3 is 0 Å². The predicted octanol–water partition coefficient (Wildman–Crippen LogP) is 6.39. The molecular weight excluding hydrogens is 434 g/mol. The highest BCUT2D eigenvalue weighted by atomic mass is 32.1. The van der Waals surface area contributed by atoms with Gasteiger partial charge in [-0.1, -0.05) is 24.3 Å². The molecule has 5 nitrogen and oxygen atoms in total. The summed E-state index contributed by atoms with van der Waals surface area (Å²) in [4.78, 5) is 18.6. The first kappa shape index (κ1) is 21.5. The molecule has 6 heteroatoms. The second-order valence-corrected chi connectivity index (χ2v) is 9.06. The number of allylic oxidation sites excluding steroid dienone is 5. The predicted molar refractivity (Wildman–Crippen MR) is 130 cm³/mol. The molecule has 3 aromatic rings. The van der Waals surface area contributed by atoms with Crippen molar-refractivity contribution >= 4 is 32.9 Å². The first-order valence-electron chi connectivity index (χ1n) is 11.1. The maximum Gasteiger partial charge on any atom is 0.192 e. The summed E-state index contributed by atoms with van der Waals surface area (Å²) in [7, 11) is 1.65. The number of carbonyl (C=O) groups is 1. The molecule has 0 spiro atoms. The van der Waals surface area contributed by atoms with Crippen molar-refractivity contribution in [2.75, 3.05) is 13.7 Å². The number of nitrogens with zero attached hydrogens (tertiary/aromatic N) is 1. The van der Waals surface area contributed by atoms with Crippen LogP contribution < -0.4 is 4.74 Å². The molecular formula is C27H25NO4S. The van der Waals surface area contributed by atoms with E-state index in [1.807, 2.05) is 56.3 Å². The second kappa shape index (κ2) is 8.87. The Morgan fingerprint density at radius 1 is 1.12 bits per heavy atom. The lowest BCUT2D eigenvalue weighted by atomic mass is 9.75. The quantitative estimate of drug-likeness (QED) is 0.327. The topological polar surface area (TPSA) is 57.7 Å². The highest BCUT2D eigenvalue weighted by Crippen LogP contribution is 2.50. The number of ketones is 1. The van der Waals surface area contributed by atoms with Crippen molar-refractivity contribution in [3.8, 4) is 5.75 Å². The van der Waals surface area contributed by atoms with Crippen molar-refractivity contribution < 1.29 is 19.0 Å². The van der Waals surface area contributed by atoms with Crippen LogP contribution in [0, 0.1) is 0 Å². The third-order valence-corrected chi connectivity index (χ3v) is 7.13. The van der Waals surface area contributed by atoms with Gasteiger partial charge in [0.15, 0.2) is 5.78 Å². The van der Waals surface area contributed by atoms with Gasteiger partial charge in [0.2, 0.25) is 0 Å². The third-order valence-electron chi connectivity index (χ3n) is 6.06. The van der Waals surface area contributed by atoms with Crippen LogP contribution in [0.15, 0.2) is 77.5 Å². The number of fused-ring (bicyclic) bond motifs is 1. The summed E-state index contributed by atoms with van der Waals surface area (Å²) in [5.41, 5.74) is 4.24. The molecule has 1 unspecified atom stereocenters. The van der Waals surface area contributed by atoms with E-state index in [0.717, 1.165) is 43.6 Å². The van der Waals surface area contributed by atoms with Gasteiger partial charge in [0.25, 0.3) is 0 Å². The molecule has 0 fully saturated rings. The van der Waals surface area contributed by atoms with E-state index >= 15 is 0 Å². The fourth-order valence-electron chi connectivity index (χ4n) is 4.47. The highest BCUT2D eigenvalue weighted by Gasteiger charge is 2.40. The monoisotopic (exact) mass is 459 g/mol. The molecule has 168 valence electrons. The zero-order valence-corrected chi connectivity index (χ0v) is 19.7. The standard InChI is InChI=1S/C27H25NO4S/c1-4-31-15-18-11-14-21-25(26(18)29)24(17-9-12-19(30-3)13-10-17)23(16(2)32-21)27-28-20-7-5-6-8-22(20)33-27/h5-10,12-13,15,24H,4,11,14H2,1-3H3. The molecule has 0 saturated carbocycles. The van der Waals surface area contributed by atoms with E-state index in [1.54, 1.807) is 24.7 Å². The Morgan fingerprint density at radius 2 is 1.91 bits per heavy atom. The molecule has 0 N–H and O–H groups in total. The normalized spacial score (nSPS) is 19.7. The first-order valence-corrected chi connectivity index (χ1v) is 11.9. The number of ether oxygens (including phenoxy) is 3. The number of rotatable bonds is 5. The van der Waals surface area contributed by atoms with Gasteiger partial charge < -0.3 is 14.2 Å². The molecule has 2 heterocycles. The average molecular weight is 460 g/mol. The molecule has 1 atom stereocenters. The largest absolute Gasteiger partial charge is 0.501 e. The first-order chi connectivity index (χ1) is 16.1. The summed E-state index contributed by atoms with van der Waals surface area (Å²) in [6, 6.07) is 16.0. The Balaban J connectivity index is 1.68. The summed E-state index contributed by atoms with van der Waals surface area (Å²) < 4.78 is 18.2. The Labute approximate surface area is 197 Å². The highest BCUT2D eigenvalue weighted by molar-refractivity contribution is 7.19. The summed E-state index contributed by atoms with van der Waals surface area (Å²) >= 11 is 1.62. The number of aromatic nitrogens is 1. The molecule has 0 amide bonds. The molecule has 1 aliphatic heterocycles. The van der Waals surface area contributed by atoms with Crippen molar-refractivity contribution in [2.24, 2.45) is 0 Å². The van der Waals surface area contributed by atoms with E-state index in [9.17, 15) is 4.79 Å². The summed E-state index contributed by atoms with van der Waals surface area (Å²) in [6.07, 6.45) is 2.88. The second-order valence-electron chi connectivity index (χ2n) is 8.03. The van der Waals surface area contributed by atoms with E-state index in [1.165, 1.54) is 0 Å². The van der Waals surface area contributed by atoms with E-state index in [2.05, 4.69) is 6.07 Å². The Morgan fingerprint density at radius 3 is 2.64 bits per heavy atom. The molecule has 1 aliphatic carbocycles. The number of hydrogen-bond acceptors (Lipinski definition) is 6. The SMILES string of the molecule is CCOC=C1CCC2=C(C1=O)C(c1ccc(OC)cc1)C(c1nc3ccccc3s1)=C(C)O2. The van der Waals surface area contributed by atoms with E-state index in [4.69, 9.17) is 19.2 Å². The summed E-state index contributed by atoms with van der Waals surface area (Å²) in [5, 5.41) is 0.870. The molecule has 2 aromatic carbocycles. The van der Waals surface area contributed by atoms with Crippen LogP contribution in [0.2, 0.25) is 0 Å². The van der Waals surface area contributed by atoms with E-state index in [0.29, 0.717) is 30.6 Å². The molecule has 2 aliphatic rings. The van der Waals surface area contributed by atoms with Gasteiger partial charge in [0, 0.05) is 23.5 Å². The van der Waals surface area contributed by atoms with Crippen molar-refractivity contribution in [1.82, 2.24) is 4.98 Å². The average Bonchev–Trinajstić information content (AvgIpc) is 3.26. The number of hydrogen-bond donors (Lipinski definition) is 0. The molecule has 5 rings (SSSR count). The van der Waals surface area contributed by atoms with Gasteiger partial charge in [0.05, 0.1) is 35.8 Å². The van der Waals surface area contributed by atoms with Crippen LogP contribution in [0.5, 0.6) is 5.75 Å². The Kier molecular flexibility index (Phi) is 5.77. The van der Waals surface area contributed by atoms with E-state index in [-0.39, 0.29) is 11.7 Å². The molecule has 1 aromatic heterocycles. The van der Waals surface area contributed by atoms with Gasteiger partial charge in [-0.15, -0.1) is 11.3 Å². The lowest BCUT2D eigenvalue weighted by Crippen LogP contribution is -2.26. The number of Topliss-reactive ketones (excluding diaryl/α,β-unsaturated/α-hetero) is 1. The maximum atomic E-state index is 13.7. The summed E-state index contributed by atoms with van der Waals surface area (Å²) in [6.45, 7) is 4.41. The molecule has 0 radical (unpaired) electrons. The van der Waals surface area contributed by atoms with Crippen molar-refractivity contribution in [3.63, 3.8) is 0 Å². The van der Waals surface area contributed by atoms with Crippen LogP contribution in [-0.4, -0.2) is 24.5 Å².